The molecule has 0 atom stereocenters. The van der Waals surface area contributed by atoms with Crippen LogP contribution in [0, 0.1) is 0 Å². The Morgan fingerprint density at radius 1 is 1.36 bits per heavy atom. The largest absolute Gasteiger partial charge is 0.497 e. The van der Waals surface area contributed by atoms with Crippen molar-refractivity contribution in [2.45, 2.75) is 25.8 Å². The van der Waals surface area contributed by atoms with Gasteiger partial charge in [0.2, 0.25) is 0 Å². The Morgan fingerprint density at radius 2 is 2.07 bits per heavy atom. The van der Waals surface area contributed by atoms with E-state index in [1.54, 1.807) is 7.11 Å². The van der Waals surface area contributed by atoms with Crippen molar-refractivity contribution in [2.24, 2.45) is 0 Å². The van der Waals surface area contributed by atoms with E-state index in [0.29, 0.717) is 5.88 Å². The van der Waals surface area contributed by atoms with E-state index in [0.717, 1.165) is 17.1 Å². The first-order valence-electron chi connectivity index (χ1n) is 4.57. The summed E-state index contributed by atoms with van der Waals surface area (Å²) in [6.07, 6.45) is 0.158. The molecule has 0 fully saturated rings. The van der Waals surface area contributed by atoms with Crippen LogP contribution in [0.3, 0.4) is 0 Å². The Hall–Kier alpha value is -0.890. The highest BCUT2D eigenvalue weighted by Crippen LogP contribution is 2.26. The second kappa shape index (κ2) is 5.11. The van der Waals surface area contributed by atoms with Gasteiger partial charge in [0.25, 0.3) is 0 Å². The van der Waals surface area contributed by atoms with Crippen molar-refractivity contribution in [3.05, 3.63) is 23.8 Å². The van der Waals surface area contributed by atoms with E-state index in [2.05, 4.69) is 0 Å². The molecule has 1 aromatic rings. The molecular weight excluding hydrogens is 200 g/mol. The van der Waals surface area contributed by atoms with Crippen LogP contribution in [0.15, 0.2) is 18.2 Å². The predicted molar refractivity (Wildman–Crippen MR) is 58.3 cm³/mol. The second-order valence-electron chi connectivity index (χ2n) is 3.27. The molecule has 0 bridgehead atoms. The first-order chi connectivity index (χ1) is 6.67. The maximum absolute atomic E-state index is 5.81. The molecule has 0 unspecified atom stereocenters. The zero-order chi connectivity index (χ0) is 10.6. The Bertz CT molecular complexity index is 297. The Morgan fingerprint density at radius 3 is 2.57 bits per heavy atom. The van der Waals surface area contributed by atoms with Gasteiger partial charge in [-0.1, -0.05) is 0 Å². The Labute approximate surface area is 89.8 Å². The number of hydrogen-bond donors (Lipinski definition) is 0. The molecular formula is C11H15ClO2. The number of ether oxygens (including phenoxy) is 2. The molecule has 0 saturated carbocycles. The van der Waals surface area contributed by atoms with Gasteiger partial charge in [-0.3, -0.25) is 0 Å². The molecule has 0 aromatic heterocycles. The van der Waals surface area contributed by atoms with Crippen LogP contribution in [-0.4, -0.2) is 13.2 Å². The van der Waals surface area contributed by atoms with E-state index in [4.69, 9.17) is 21.1 Å². The number of hydrogen-bond acceptors (Lipinski definition) is 2. The van der Waals surface area contributed by atoms with Crippen molar-refractivity contribution >= 4 is 11.6 Å². The molecule has 0 spiro atoms. The van der Waals surface area contributed by atoms with E-state index in [1.165, 1.54) is 0 Å². The minimum atomic E-state index is 0.158. The predicted octanol–water partition coefficient (Wildman–Crippen LogP) is 3.22. The fraction of sp³-hybridized carbons (Fsp3) is 0.455. The fourth-order valence-corrected chi connectivity index (χ4v) is 1.36. The molecule has 0 aliphatic heterocycles. The third kappa shape index (κ3) is 2.81. The van der Waals surface area contributed by atoms with Crippen LogP contribution in [-0.2, 0) is 5.88 Å². The van der Waals surface area contributed by atoms with E-state index in [1.807, 2.05) is 32.0 Å². The summed E-state index contributed by atoms with van der Waals surface area (Å²) in [7, 11) is 1.64. The van der Waals surface area contributed by atoms with Gasteiger partial charge in [0.15, 0.2) is 0 Å². The summed E-state index contributed by atoms with van der Waals surface area (Å²) in [6.45, 7) is 3.98. The van der Waals surface area contributed by atoms with Crippen molar-refractivity contribution in [3.63, 3.8) is 0 Å². The molecule has 0 aliphatic carbocycles. The first kappa shape index (κ1) is 11.2. The van der Waals surface area contributed by atoms with Crippen molar-refractivity contribution in [3.8, 4) is 11.5 Å². The molecule has 0 radical (unpaired) electrons. The summed E-state index contributed by atoms with van der Waals surface area (Å²) in [4.78, 5) is 0. The van der Waals surface area contributed by atoms with Crippen LogP contribution in [0.1, 0.15) is 19.4 Å². The van der Waals surface area contributed by atoms with Crippen LogP contribution in [0.5, 0.6) is 11.5 Å². The highest BCUT2D eigenvalue weighted by Gasteiger charge is 2.06. The molecule has 1 rings (SSSR count). The molecule has 0 aliphatic rings. The molecule has 0 amide bonds. The van der Waals surface area contributed by atoms with Crippen molar-refractivity contribution < 1.29 is 9.47 Å². The lowest BCUT2D eigenvalue weighted by molar-refractivity contribution is 0.240. The molecule has 0 N–H and O–H groups in total. The number of rotatable bonds is 4. The highest BCUT2D eigenvalue weighted by molar-refractivity contribution is 6.17. The van der Waals surface area contributed by atoms with Crippen LogP contribution in [0.25, 0.3) is 0 Å². The summed E-state index contributed by atoms with van der Waals surface area (Å²) in [6, 6.07) is 5.65. The van der Waals surface area contributed by atoms with Crippen LogP contribution < -0.4 is 9.47 Å². The molecule has 78 valence electrons. The normalized spacial score (nSPS) is 10.4. The Balaban J connectivity index is 2.93. The zero-order valence-electron chi connectivity index (χ0n) is 8.71. The van der Waals surface area contributed by atoms with Gasteiger partial charge in [-0.2, -0.15) is 0 Å². The minimum absolute atomic E-state index is 0.158. The monoisotopic (exact) mass is 214 g/mol. The summed E-state index contributed by atoms with van der Waals surface area (Å²) in [5, 5.41) is 0. The maximum atomic E-state index is 5.81. The lowest BCUT2D eigenvalue weighted by Crippen LogP contribution is -2.07. The van der Waals surface area contributed by atoms with E-state index < -0.39 is 0 Å². The third-order valence-electron chi connectivity index (χ3n) is 1.77. The van der Waals surface area contributed by atoms with E-state index in [9.17, 15) is 0 Å². The minimum Gasteiger partial charge on any atom is -0.497 e. The second-order valence-corrected chi connectivity index (χ2v) is 3.54. The summed E-state index contributed by atoms with van der Waals surface area (Å²) >= 11 is 5.81. The number of methoxy groups -OCH3 is 1. The van der Waals surface area contributed by atoms with Gasteiger partial charge >= 0.3 is 0 Å². The molecule has 1 aromatic carbocycles. The van der Waals surface area contributed by atoms with E-state index in [-0.39, 0.29) is 6.10 Å². The molecule has 0 heterocycles. The van der Waals surface area contributed by atoms with Crippen molar-refractivity contribution in [1.29, 1.82) is 0 Å². The van der Waals surface area contributed by atoms with Gasteiger partial charge in [0.1, 0.15) is 11.5 Å². The zero-order valence-corrected chi connectivity index (χ0v) is 9.47. The smallest absolute Gasteiger partial charge is 0.124 e. The lowest BCUT2D eigenvalue weighted by Gasteiger charge is -2.13. The average Bonchev–Trinajstić information content (AvgIpc) is 2.17. The van der Waals surface area contributed by atoms with Crippen molar-refractivity contribution in [2.75, 3.05) is 7.11 Å². The summed E-state index contributed by atoms with van der Waals surface area (Å²) in [5.74, 6) is 2.06. The number of benzene rings is 1. The van der Waals surface area contributed by atoms with Crippen molar-refractivity contribution in [1.82, 2.24) is 0 Å². The number of halogens is 1. The lowest BCUT2D eigenvalue weighted by atomic mass is 10.2. The van der Waals surface area contributed by atoms with Gasteiger partial charge in [0, 0.05) is 5.56 Å². The Kier molecular flexibility index (Phi) is 4.08. The third-order valence-corrected chi connectivity index (χ3v) is 2.06. The highest BCUT2D eigenvalue weighted by atomic mass is 35.5. The molecule has 2 nitrogen and oxygen atoms in total. The van der Waals surface area contributed by atoms with Crippen LogP contribution in [0.2, 0.25) is 0 Å². The SMILES string of the molecule is COc1ccc(OC(C)C)c(CCl)c1. The number of alkyl halides is 1. The maximum Gasteiger partial charge on any atom is 0.124 e. The molecule has 0 saturated heterocycles. The fourth-order valence-electron chi connectivity index (χ4n) is 1.16. The van der Waals surface area contributed by atoms with Crippen LogP contribution in [0.4, 0.5) is 0 Å². The van der Waals surface area contributed by atoms with Gasteiger partial charge in [-0.05, 0) is 32.0 Å². The molecule has 3 heteroatoms. The van der Waals surface area contributed by atoms with Gasteiger partial charge in [0.05, 0.1) is 19.1 Å². The van der Waals surface area contributed by atoms with Gasteiger partial charge in [-0.15, -0.1) is 11.6 Å². The standard InChI is InChI=1S/C11H15ClO2/c1-8(2)14-11-5-4-10(13-3)6-9(11)7-12/h4-6,8H,7H2,1-3H3. The van der Waals surface area contributed by atoms with E-state index >= 15 is 0 Å². The topological polar surface area (TPSA) is 18.5 Å². The van der Waals surface area contributed by atoms with Gasteiger partial charge < -0.3 is 9.47 Å². The summed E-state index contributed by atoms with van der Waals surface area (Å²) in [5.41, 5.74) is 0.958. The quantitative estimate of drug-likeness (QED) is 0.717. The summed E-state index contributed by atoms with van der Waals surface area (Å²) < 4.78 is 10.7. The van der Waals surface area contributed by atoms with Gasteiger partial charge in [-0.25, -0.2) is 0 Å². The molecule has 14 heavy (non-hydrogen) atoms. The first-order valence-corrected chi connectivity index (χ1v) is 5.10. The average molecular weight is 215 g/mol. The van der Waals surface area contributed by atoms with Crippen LogP contribution >= 0.6 is 11.6 Å².